The quantitative estimate of drug-likeness (QED) is 0.901. The largest absolute Gasteiger partial charge is 0.437 e. The molecule has 5 nitrogen and oxygen atoms in total. The first-order valence-corrected chi connectivity index (χ1v) is 5.13. The van der Waals surface area contributed by atoms with Crippen LogP contribution in [0, 0.1) is 17.1 Å². The summed E-state index contributed by atoms with van der Waals surface area (Å²) in [4.78, 5) is 7.44. The van der Waals surface area contributed by atoms with Crippen LogP contribution in [0.4, 0.5) is 10.2 Å². The molecule has 90 valence electrons. The number of nitrogens with two attached hydrogens (primary N) is 1. The normalized spacial score (nSPS) is 9.83. The molecule has 7 heteroatoms. The molecule has 0 aliphatic rings. The lowest BCUT2D eigenvalue weighted by Crippen LogP contribution is -1.96. The summed E-state index contributed by atoms with van der Waals surface area (Å²) in [6, 6.07) is 5.49. The number of halogens is 2. The van der Waals surface area contributed by atoms with Gasteiger partial charge in [0.05, 0.1) is 5.56 Å². The van der Waals surface area contributed by atoms with Crippen molar-refractivity contribution in [2.24, 2.45) is 0 Å². The molecule has 18 heavy (non-hydrogen) atoms. The lowest BCUT2D eigenvalue weighted by molar-refractivity contribution is 0.457. The maximum Gasteiger partial charge on any atom is 0.243 e. The van der Waals surface area contributed by atoms with Crippen LogP contribution in [0.1, 0.15) is 5.56 Å². The van der Waals surface area contributed by atoms with Gasteiger partial charge in [-0.25, -0.2) is 9.37 Å². The third-order valence-corrected chi connectivity index (χ3v) is 2.42. The monoisotopic (exact) mass is 264 g/mol. The number of aromatic nitrogens is 2. The van der Waals surface area contributed by atoms with E-state index in [-0.39, 0.29) is 28.0 Å². The van der Waals surface area contributed by atoms with Gasteiger partial charge in [0.25, 0.3) is 0 Å². The number of hydrogen-bond acceptors (Lipinski definition) is 5. The zero-order valence-electron chi connectivity index (χ0n) is 8.89. The highest BCUT2D eigenvalue weighted by molar-refractivity contribution is 6.34. The number of rotatable bonds is 2. The molecule has 0 saturated heterocycles. The van der Waals surface area contributed by atoms with Crippen LogP contribution in [0.3, 0.4) is 0 Å². The summed E-state index contributed by atoms with van der Waals surface area (Å²) >= 11 is 5.82. The summed E-state index contributed by atoms with van der Waals surface area (Å²) in [7, 11) is 0. The Morgan fingerprint density at radius 2 is 2.17 bits per heavy atom. The van der Waals surface area contributed by atoms with Crippen LogP contribution >= 0.6 is 11.6 Å². The molecule has 0 saturated carbocycles. The minimum absolute atomic E-state index is 0.0216. The molecule has 0 aliphatic carbocycles. The summed E-state index contributed by atoms with van der Waals surface area (Å²) < 4.78 is 18.6. The van der Waals surface area contributed by atoms with Gasteiger partial charge >= 0.3 is 0 Å². The van der Waals surface area contributed by atoms with E-state index in [9.17, 15) is 4.39 Å². The zero-order chi connectivity index (χ0) is 13.1. The first-order chi connectivity index (χ1) is 8.61. The third-order valence-electron chi connectivity index (χ3n) is 2.06. The average molecular weight is 265 g/mol. The number of benzene rings is 1. The molecule has 1 aromatic carbocycles. The van der Waals surface area contributed by atoms with E-state index in [4.69, 9.17) is 27.3 Å². The topological polar surface area (TPSA) is 84.8 Å². The van der Waals surface area contributed by atoms with E-state index in [0.29, 0.717) is 0 Å². The smallest absolute Gasteiger partial charge is 0.243 e. The Morgan fingerprint density at radius 3 is 2.83 bits per heavy atom. The van der Waals surface area contributed by atoms with Crippen molar-refractivity contribution in [3.05, 3.63) is 40.9 Å². The van der Waals surface area contributed by atoms with Crippen LogP contribution in [-0.2, 0) is 0 Å². The Kier molecular flexibility index (Phi) is 3.26. The molecule has 1 aromatic heterocycles. The van der Waals surface area contributed by atoms with E-state index < -0.39 is 5.82 Å². The van der Waals surface area contributed by atoms with Crippen LogP contribution in [0.5, 0.6) is 11.6 Å². The van der Waals surface area contributed by atoms with Gasteiger partial charge in [-0.1, -0.05) is 11.6 Å². The van der Waals surface area contributed by atoms with Gasteiger partial charge in [-0.05, 0) is 12.1 Å². The predicted molar refractivity (Wildman–Crippen MR) is 62.6 cm³/mol. The fourth-order valence-corrected chi connectivity index (χ4v) is 1.34. The Balaban J connectivity index is 2.32. The lowest BCUT2D eigenvalue weighted by Gasteiger charge is -2.07. The Hall–Kier alpha value is -2.39. The molecule has 2 aromatic rings. The summed E-state index contributed by atoms with van der Waals surface area (Å²) in [5, 5.41) is 8.63. The number of nitriles is 1. The molecule has 0 fully saturated rings. The van der Waals surface area contributed by atoms with Crippen molar-refractivity contribution in [1.82, 2.24) is 9.97 Å². The molecule has 0 spiro atoms. The molecule has 0 radical (unpaired) electrons. The fourth-order valence-electron chi connectivity index (χ4n) is 1.20. The van der Waals surface area contributed by atoms with E-state index in [1.807, 2.05) is 0 Å². The summed E-state index contributed by atoms with van der Waals surface area (Å²) in [6.07, 6.45) is 1.18. The summed E-state index contributed by atoms with van der Waals surface area (Å²) in [5.41, 5.74) is 5.40. The third kappa shape index (κ3) is 2.31. The average Bonchev–Trinajstić information content (AvgIpc) is 2.35. The van der Waals surface area contributed by atoms with Crippen LogP contribution in [0.25, 0.3) is 0 Å². The number of anilines is 1. The van der Waals surface area contributed by atoms with Gasteiger partial charge in [-0.2, -0.15) is 10.2 Å². The van der Waals surface area contributed by atoms with E-state index in [1.165, 1.54) is 18.5 Å². The van der Waals surface area contributed by atoms with Gasteiger partial charge in [0.15, 0.2) is 0 Å². The molecule has 0 unspecified atom stereocenters. The summed E-state index contributed by atoms with van der Waals surface area (Å²) in [5.74, 6) is -0.441. The maximum absolute atomic E-state index is 13.3. The van der Waals surface area contributed by atoms with Crippen LogP contribution in [-0.4, -0.2) is 9.97 Å². The van der Waals surface area contributed by atoms with Gasteiger partial charge in [0, 0.05) is 6.07 Å². The molecule has 2 rings (SSSR count). The molecule has 2 N–H and O–H groups in total. The van der Waals surface area contributed by atoms with Crippen molar-refractivity contribution < 1.29 is 9.13 Å². The van der Waals surface area contributed by atoms with Crippen molar-refractivity contribution >= 4 is 17.4 Å². The van der Waals surface area contributed by atoms with Crippen molar-refractivity contribution in [2.75, 3.05) is 5.73 Å². The van der Waals surface area contributed by atoms with Crippen LogP contribution in [0.15, 0.2) is 24.5 Å². The molecule has 1 heterocycles. The van der Waals surface area contributed by atoms with Crippen molar-refractivity contribution in [1.29, 1.82) is 5.26 Å². The standard InChI is InChI=1S/C11H6ClFN4O/c12-9-10(15)16-5-17-11(9)18-7-2-1-6(4-14)8(13)3-7/h1-3,5H,(H2,15,16,17). The molecule has 0 amide bonds. The second-order valence-electron chi connectivity index (χ2n) is 3.23. The predicted octanol–water partition coefficient (Wildman–Crippen LogP) is 2.52. The van der Waals surface area contributed by atoms with E-state index >= 15 is 0 Å². The van der Waals surface area contributed by atoms with Crippen molar-refractivity contribution in [3.63, 3.8) is 0 Å². The fraction of sp³-hybridized carbons (Fsp3) is 0. The molecular weight excluding hydrogens is 259 g/mol. The highest BCUT2D eigenvalue weighted by atomic mass is 35.5. The SMILES string of the molecule is N#Cc1ccc(Oc2ncnc(N)c2Cl)cc1F. The Morgan fingerprint density at radius 1 is 1.39 bits per heavy atom. The Bertz CT molecular complexity index is 641. The van der Waals surface area contributed by atoms with E-state index in [2.05, 4.69) is 9.97 Å². The van der Waals surface area contributed by atoms with Crippen molar-refractivity contribution in [2.45, 2.75) is 0 Å². The number of hydrogen-bond donors (Lipinski definition) is 1. The molecule has 0 aliphatic heterocycles. The highest BCUT2D eigenvalue weighted by Crippen LogP contribution is 2.30. The molecular formula is C11H6ClFN4O. The number of nitrogens with zero attached hydrogens (tertiary/aromatic N) is 3. The van der Waals surface area contributed by atoms with Gasteiger partial charge in [0.1, 0.15) is 34.8 Å². The zero-order valence-corrected chi connectivity index (χ0v) is 9.65. The minimum Gasteiger partial charge on any atom is -0.437 e. The van der Waals surface area contributed by atoms with Crippen LogP contribution in [0.2, 0.25) is 5.02 Å². The van der Waals surface area contributed by atoms with Gasteiger partial charge < -0.3 is 10.5 Å². The minimum atomic E-state index is -0.687. The van der Waals surface area contributed by atoms with Crippen LogP contribution < -0.4 is 10.5 Å². The first kappa shape index (κ1) is 12.1. The number of ether oxygens (including phenoxy) is 1. The lowest BCUT2D eigenvalue weighted by atomic mass is 10.2. The van der Waals surface area contributed by atoms with E-state index in [1.54, 1.807) is 6.07 Å². The van der Waals surface area contributed by atoms with E-state index in [0.717, 1.165) is 6.07 Å². The van der Waals surface area contributed by atoms with Gasteiger partial charge in [-0.15, -0.1) is 0 Å². The first-order valence-electron chi connectivity index (χ1n) is 4.75. The molecule has 0 bridgehead atoms. The Labute approximate surface area is 107 Å². The summed E-state index contributed by atoms with van der Waals surface area (Å²) in [6.45, 7) is 0. The second-order valence-corrected chi connectivity index (χ2v) is 3.61. The van der Waals surface area contributed by atoms with Crippen molar-refractivity contribution in [3.8, 4) is 17.7 Å². The van der Waals surface area contributed by atoms with Gasteiger partial charge in [0.2, 0.25) is 5.88 Å². The van der Waals surface area contributed by atoms with Gasteiger partial charge in [-0.3, -0.25) is 0 Å². The number of nitrogen functional groups attached to an aromatic ring is 1. The molecule has 0 atom stereocenters. The maximum atomic E-state index is 13.3. The second kappa shape index (κ2) is 4.85. The highest BCUT2D eigenvalue weighted by Gasteiger charge is 2.10.